The molecular formula is C15H23N. The molecule has 0 aromatic rings. The van der Waals surface area contributed by atoms with Gasteiger partial charge in [0.15, 0.2) is 0 Å². The largest absolute Gasteiger partial charge is 0.198 e. The summed E-state index contributed by atoms with van der Waals surface area (Å²) in [6.07, 6.45) is 6.90. The first-order valence-electron chi connectivity index (χ1n) is 6.61. The summed E-state index contributed by atoms with van der Waals surface area (Å²) >= 11 is 0. The lowest BCUT2D eigenvalue weighted by Gasteiger charge is -2.38. The summed E-state index contributed by atoms with van der Waals surface area (Å²) < 4.78 is 0. The molecule has 16 heavy (non-hydrogen) atoms. The van der Waals surface area contributed by atoms with Gasteiger partial charge in [0.2, 0.25) is 0 Å². The second kappa shape index (κ2) is 3.91. The molecule has 0 heterocycles. The zero-order valence-electron chi connectivity index (χ0n) is 10.9. The van der Waals surface area contributed by atoms with E-state index in [1.807, 2.05) is 0 Å². The van der Waals surface area contributed by atoms with Crippen molar-refractivity contribution >= 4 is 0 Å². The van der Waals surface area contributed by atoms with Gasteiger partial charge in [-0.15, -0.1) is 0 Å². The van der Waals surface area contributed by atoms with Crippen LogP contribution in [0.2, 0.25) is 0 Å². The summed E-state index contributed by atoms with van der Waals surface area (Å²) in [6.45, 7) is 9.28. The highest BCUT2D eigenvalue weighted by atomic mass is 14.5. The summed E-state index contributed by atoms with van der Waals surface area (Å²) in [5.74, 6) is 3.39. The number of allylic oxidation sites excluding steroid dienone is 2. The van der Waals surface area contributed by atoms with E-state index in [1.54, 1.807) is 0 Å². The van der Waals surface area contributed by atoms with E-state index in [1.165, 1.54) is 0 Å². The normalized spacial score (nSPS) is 35.7. The highest BCUT2D eigenvalue weighted by Crippen LogP contribution is 2.55. The first kappa shape index (κ1) is 11.7. The van der Waals surface area contributed by atoms with Gasteiger partial charge in [-0.25, -0.2) is 0 Å². The minimum absolute atomic E-state index is 0.0321. The monoisotopic (exact) mass is 217 g/mol. The van der Waals surface area contributed by atoms with Crippen LogP contribution in [0, 0.1) is 46.3 Å². The van der Waals surface area contributed by atoms with Crippen molar-refractivity contribution in [2.45, 2.75) is 40.5 Å². The Morgan fingerprint density at radius 1 is 1.25 bits per heavy atom. The second-order valence-electron chi connectivity index (χ2n) is 6.10. The van der Waals surface area contributed by atoms with E-state index < -0.39 is 0 Å². The lowest BCUT2D eigenvalue weighted by atomic mass is 9.66. The van der Waals surface area contributed by atoms with Crippen molar-refractivity contribution in [1.82, 2.24) is 0 Å². The first-order valence-corrected chi connectivity index (χ1v) is 6.61. The van der Waals surface area contributed by atoms with E-state index in [9.17, 15) is 5.26 Å². The Labute approximate surface area is 99.5 Å². The van der Waals surface area contributed by atoms with Crippen molar-refractivity contribution in [1.29, 1.82) is 5.26 Å². The summed E-state index contributed by atoms with van der Waals surface area (Å²) in [7, 11) is 0. The van der Waals surface area contributed by atoms with Crippen molar-refractivity contribution < 1.29 is 0 Å². The maximum atomic E-state index is 9.26. The Hall–Kier alpha value is -0.770. The molecule has 5 atom stereocenters. The van der Waals surface area contributed by atoms with Crippen LogP contribution >= 0.6 is 0 Å². The van der Waals surface area contributed by atoms with Gasteiger partial charge in [0.1, 0.15) is 0 Å². The molecule has 88 valence electrons. The average molecular weight is 217 g/mol. The highest BCUT2D eigenvalue weighted by Gasteiger charge is 2.51. The van der Waals surface area contributed by atoms with E-state index in [0.717, 1.165) is 24.7 Å². The quantitative estimate of drug-likeness (QED) is 0.652. The molecular weight excluding hydrogens is 194 g/mol. The lowest BCUT2D eigenvalue weighted by Crippen LogP contribution is -2.32. The zero-order chi connectivity index (χ0) is 11.9. The van der Waals surface area contributed by atoms with Gasteiger partial charge in [-0.05, 0) is 42.4 Å². The van der Waals surface area contributed by atoms with Crippen molar-refractivity contribution in [2.24, 2.45) is 35.0 Å². The molecule has 1 heteroatoms. The van der Waals surface area contributed by atoms with Crippen LogP contribution < -0.4 is 0 Å². The number of hydrogen-bond acceptors (Lipinski definition) is 1. The standard InChI is InChI=1S/C15H23N/c1-10-5-6-14(10)12(3)11(2)13(4)15(9-16)7-8-15/h5-6,10-14H,7-8H2,1-4H3/t10?,11-,12-,13-,14+/m0/s1. The van der Waals surface area contributed by atoms with Crippen LogP contribution in [0.15, 0.2) is 12.2 Å². The third kappa shape index (κ3) is 1.69. The van der Waals surface area contributed by atoms with Crippen LogP contribution in [0.3, 0.4) is 0 Å². The molecule has 0 spiro atoms. The van der Waals surface area contributed by atoms with Gasteiger partial charge < -0.3 is 0 Å². The van der Waals surface area contributed by atoms with Gasteiger partial charge in [-0.3, -0.25) is 0 Å². The number of rotatable bonds is 4. The van der Waals surface area contributed by atoms with E-state index in [0.29, 0.717) is 17.8 Å². The zero-order valence-corrected chi connectivity index (χ0v) is 10.9. The molecule has 0 aromatic heterocycles. The van der Waals surface area contributed by atoms with E-state index in [-0.39, 0.29) is 5.41 Å². The second-order valence-corrected chi connectivity index (χ2v) is 6.10. The summed E-state index contributed by atoms with van der Waals surface area (Å²) in [4.78, 5) is 0. The van der Waals surface area contributed by atoms with Gasteiger partial charge >= 0.3 is 0 Å². The third-order valence-electron chi connectivity index (χ3n) is 5.35. The topological polar surface area (TPSA) is 23.8 Å². The fourth-order valence-electron chi connectivity index (χ4n) is 3.23. The minimum atomic E-state index is 0.0321. The first-order chi connectivity index (χ1) is 7.52. The van der Waals surface area contributed by atoms with Gasteiger partial charge in [-0.2, -0.15) is 5.26 Å². The summed E-state index contributed by atoms with van der Waals surface area (Å²) in [5, 5.41) is 9.26. The lowest BCUT2D eigenvalue weighted by molar-refractivity contribution is 0.158. The number of hydrogen-bond donors (Lipinski definition) is 0. The molecule has 0 bridgehead atoms. The van der Waals surface area contributed by atoms with Gasteiger partial charge in [0.05, 0.1) is 11.5 Å². The Balaban J connectivity index is 2.00. The molecule has 0 N–H and O–H groups in total. The highest BCUT2D eigenvalue weighted by molar-refractivity contribution is 5.15. The van der Waals surface area contributed by atoms with Crippen LogP contribution in [0.5, 0.6) is 0 Å². The van der Waals surface area contributed by atoms with Crippen molar-refractivity contribution in [3.05, 3.63) is 12.2 Å². The molecule has 0 aromatic carbocycles. The Morgan fingerprint density at radius 2 is 1.88 bits per heavy atom. The molecule has 1 saturated carbocycles. The smallest absolute Gasteiger partial charge is 0.0692 e. The van der Waals surface area contributed by atoms with Crippen molar-refractivity contribution in [3.63, 3.8) is 0 Å². The maximum Gasteiger partial charge on any atom is 0.0692 e. The van der Waals surface area contributed by atoms with Gasteiger partial charge in [-0.1, -0.05) is 39.8 Å². The number of nitriles is 1. The van der Waals surface area contributed by atoms with E-state index in [2.05, 4.69) is 45.9 Å². The molecule has 0 saturated heterocycles. The van der Waals surface area contributed by atoms with Crippen LogP contribution in [0.4, 0.5) is 0 Å². The third-order valence-corrected chi connectivity index (χ3v) is 5.35. The molecule has 2 aliphatic rings. The molecule has 1 nitrogen and oxygen atoms in total. The SMILES string of the molecule is CC1C=C[C@H]1[C@@H](C)[C@H](C)[C@H](C)C1(C#N)CC1. The van der Waals surface area contributed by atoms with Crippen LogP contribution in [0.1, 0.15) is 40.5 Å². The van der Waals surface area contributed by atoms with Crippen LogP contribution in [0.25, 0.3) is 0 Å². The Morgan fingerprint density at radius 3 is 2.19 bits per heavy atom. The molecule has 2 rings (SSSR count). The fourth-order valence-corrected chi connectivity index (χ4v) is 3.23. The molecule has 1 fully saturated rings. The van der Waals surface area contributed by atoms with E-state index in [4.69, 9.17) is 0 Å². The minimum Gasteiger partial charge on any atom is -0.198 e. The molecule has 0 radical (unpaired) electrons. The molecule has 2 aliphatic carbocycles. The number of nitrogens with zero attached hydrogens (tertiary/aromatic N) is 1. The van der Waals surface area contributed by atoms with Crippen molar-refractivity contribution in [3.8, 4) is 6.07 Å². The Bertz CT molecular complexity index is 332. The maximum absolute atomic E-state index is 9.26. The Kier molecular flexibility index (Phi) is 2.86. The summed E-state index contributed by atoms with van der Waals surface area (Å²) in [6, 6.07) is 2.56. The van der Waals surface area contributed by atoms with Crippen LogP contribution in [-0.2, 0) is 0 Å². The van der Waals surface area contributed by atoms with Crippen molar-refractivity contribution in [2.75, 3.05) is 0 Å². The fraction of sp³-hybridized carbons (Fsp3) is 0.800. The summed E-state index contributed by atoms with van der Waals surface area (Å²) in [5.41, 5.74) is 0.0321. The average Bonchev–Trinajstić information content (AvgIpc) is 3.05. The van der Waals surface area contributed by atoms with Crippen LogP contribution in [-0.4, -0.2) is 0 Å². The molecule has 0 amide bonds. The molecule has 0 aliphatic heterocycles. The molecule has 1 unspecified atom stereocenters. The predicted molar refractivity (Wildman–Crippen MR) is 66.6 cm³/mol. The van der Waals surface area contributed by atoms with Gasteiger partial charge in [0, 0.05) is 0 Å². The van der Waals surface area contributed by atoms with E-state index >= 15 is 0 Å². The van der Waals surface area contributed by atoms with Gasteiger partial charge in [0.25, 0.3) is 0 Å². The predicted octanol–water partition coefficient (Wildman–Crippen LogP) is 4.02.